The quantitative estimate of drug-likeness (QED) is 0.0457. The van der Waals surface area contributed by atoms with Gasteiger partial charge in [0.25, 0.3) is 0 Å². The number of fused-ring (bicyclic) bond motifs is 9. The zero-order valence-corrected chi connectivity index (χ0v) is 78.4. The summed E-state index contributed by atoms with van der Waals surface area (Å²) in [5.74, 6) is 1.21. The van der Waals surface area contributed by atoms with Crippen LogP contribution in [-0.4, -0.2) is 13.2 Å². The van der Waals surface area contributed by atoms with Gasteiger partial charge in [0.15, 0.2) is 0 Å². The molecule has 18 aromatic carbocycles. The van der Waals surface area contributed by atoms with Gasteiger partial charge in [-0.15, -0.1) is 0 Å². The zero-order valence-electron chi connectivity index (χ0n) is 78.4. The lowest BCUT2D eigenvalue weighted by Gasteiger charge is -2.35. The number of ether oxygens (including phenoxy) is 2. The van der Waals surface area contributed by atoms with E-state index in [4.69, 9.17) is 13.9 Å². The molecule has 137 heavy (non-hydrogen) atoms. The first-order valence-corrected chi connectivity index (χ1v) is 47.9. The standard InChI is InChI=1S/C130H108F2N2O3/c1-9-87-35-71-113(72-36-87)135-79-17-15-21-89-31-47-101(48-32-89)129(103-55-51-99(52-56-103)127(3,4)5)121-29-13-11-27-115(121)117-75-67-111(85-123(117)129)133(107-63-43-93(44-64-107)97-25-19-23-95(81-97)91-39-59-105(131)60-40-91)109-69-77-125-119(83-109)120-84-110(70-78-126(120)137-125)134(108-65-45-94(46-66-108)98-26-20-24-96(82-98)92-41-61-106(132)62-42-92)112-68-76-118-116-28-12-14-30-122(116)130(124(118)86-112,104-57-53-100(54-58-104)128(6,7)8)102-49-33-90(34-50-102)22-16-18-80-136-114-73-37-88(10-2)38-74-114/h9-14,19-20,23-78,81-86H,1-2,15-18,21-22,79-80H2,3-8H3. The molecule has 0 spiro atoms. The summed E-state index contributed by atoms with van der Waals surface area (Å²) in [5.41, 5.74) is 35.4. The van der Waals surface area contributed by atoms with Crippen molar-refractivity contribution in [2.75, 3.05) is 23.0 Å². The molecule has 0 radical (unpaired) electrons. The number of halogens is 2. The van der Waals surface area contributed by atoms with Crippen molar-refractivity contribution in [3.05, 3.63) is 515 Å². The Morgan fingerprint density at radius 2 is 0.599 bits per heavy atom. The van der Waals surface area contributed by atoms with Gasteiger partial charge in [-0.3, -0.25) is 0 Å². The maximum absolute atomic E-state index is 14.4. The highest BCUT2D eigenvalue weighted by atomic mass is 19.1. The van der Waals surface area contributed by atoms with Gasteiger partial charge in [0.1, 0.15) is 34.3 Å². The van der Waals surface area contributed by atoms with E-state index in [1.54, 1.807) is 0 Å². The molecule has 1 aromatic heterocycles. The summed E-state index contributed by atoms with van der Waals surface area (Å²) < 4.78 is 48.4. The average molecular weight is 1780 g/mol. The Morgan fingerprint density at radius 1 is 0.285 bits per heavy atom. The lowest BCUT2D eigenvalue weighted by atomic mass is 9.67. The number of aryl methyl sites for hydroxylation is 2. The molecule has 0 aliphatic heterocycles. The third kappa shape index (κ3) is 17.0. The van der Waals surface area contributed by atoms with Crippen LogP contribution in [0.1, 0.15) is 145 Å². The van der Waals surface area contributed by atoms with Gasteiger partial charge in [-0.1, -0.05) is 334 Å². The normalized spacial score (nSPS) is 14.2. The van der Waals surface area contributed by atoms with Crippen molar-refractivity contribution in [3.8, 4) is 78.3 Å². The van der Waals surface area contributed by atoms with Crippen molar-refractivity contribution in [3.63, 3.8) is 0 Å². The van der Waals surface area contributed by atoms with Crippen LogP contribution < -0.4 is 19.3 Å². The predicted octanol–water partition coefficient (Wildman–Crippen LogP) is 34.9. The minimum absolute atomic E-state index is 0.0787. The van der Waals surface area contributed by atoms with Gasteiger partial charge in [0, 0.05) is 44.9 Å². The number of benzene rings is 18. The molecule has 21 rings (SSSR count). The summed E-state index contributed by atoms with van der Waals surface area (Å²) in [6.45, 7) is 22.9. The van der Waals surface area contributed by atoms with Crippen molar-refractivity contribution >= 4 is 68.2 Å². The molecule has 0 saturated heterocycles. The summed E-state index contributed by atoms with van der Waals surface area (Å²) >= 11 is 0. The second-order valence-electron chi connectivity index (χ2n) is 38.7. The van der Waals surface area contributed by atoms with Gasteiger partial charge in [-0.2, -0.15) is 0 Å². The van der Waals surface area contributed by atoms with E-state index in [1.807, 2.05) is 84.9 Å². The van der Waals surface area contributed by atoms with Crippen LogP contribution in [0.15, 0.2) is 430 Å². The largest absolute Gasteiger partial charge is 0.494 e. The summed E-state index contributed by atoms with van der Waals surface area (Å²) in [4.78, 5) is 4.84. The van der Waals surface area contributed by atoms with Crippen LogP contribution in [0.25, 0.3) is 101 Å². The Labute approximate surface area is 803 Å². The van der Waals surface area contributed by atoms with E-state index in [2.05, 4.69) is 380 Å². The highest BCUT2D eigenvalue weighted by Crippen LogP contribution is 2.61. The Kier molecular flexibility index (Phi) is 23.7. The van der Waals surface area contributed by atoms with Gasteiger partial charge in [-0.25, -0.2) is 8.78 Å². The molecule has 5 nitrogen and oxygen atoms in total. The molecule has 0 amide bonds. The van der Waals surface area contributed by atoms with Crippen molar-refractivity contribution in [1.29, 1.82) is 0 Å². The maximum atomic E-state index is 14.4. The Morgan fingerprint density at radius 3 is 0.949 bits per heavy atom. The van der Waals surface area contributed by atoms with E-state index in [1.165, 1.54) is 113 Å². The number of unbranched alkanes of at least 4 members (excludes halogenated alkanes) is 2. The average Bonchev–Trinajstić information content (AvgIpc) is 1.54. The first kappa shape index (κ1) is 87.9. The molecule has 7 heteroatoms. The predicted molar refractivity (Wildman–Crippen MR) is 567 cm³/mol. The first-order valence-electron chi connectivity index (χ1n) is 47.9. The minimum Gasteiger partial charge on any atom is -0.494 e. The molecule has 2 aliphatic rings. The topological polar surface area (TPSA) is 38.1 Å². The summed E-state index contributed by atoms with van der Waals surface area (Å²) in [6, 6.07) is 148. The van der Waals surface area contributed by atoms with Crippen LogP contribution >= 0.6 is 0 Å². The number of anilines is 6. The molecule has 0 N–H and O–H groups in total. The van der Waals surface area contributed by atoms with E-state index < -0.39 is 10.8 Å². The third-order valence-electron chi connectivity index (χ3n) is 28.2. The number of rotatable bonds is 28. The van der Waals surface area contributed by atoms with Gasteiger partial charge in [-0.05, 0) is 340 Å². The monoisotopic (exact) mass is 1780 g/mol. The molecular weight excluding hydrogens is 1680 g/mol. The molecule has 2 atom stereocenters. The fraction of sp³-hybridized carbons (Fsp3) is 0.138. The lowest BCUT2D eigenvalue weighted by molar-refractivity contribution is 0.307. The second-order valence-corrected chi connectivity index (χ2v) is 38.7. The van der Waals surface area contributed by atoms with E-state index in [9.17, 15) is 8.78 Å². The van der Waals surface area contributed by atoms with E-state index in [-0.39, 0.29) is 22.5 Å². The molecule has 2 unspecified atom stereocenters. The van der Waals surface area contributed by atoms with Crippen LogP contribution in [0.4, 0.5) is 42.9 Å². The Bertz CT molecular complexity index is 7200. The lowest BCUT2D eigenvalue weighted by Crippen LogP contribution is -2.29. The van der Waals surface area contributed by atoms with Crippen LogP contribution in [-0.2, 0) is 34.5 Å². The summed E-state index contributed by atoms with van der Waals surface area (Å²) in [6.07, 6.45) is 9.36. The summed E-state index contributed by atoms with van der Waals surface area (Å²) in [5, 5.41) is 1.91. The van der Waals surface area contributed by atoms with Crippen molar-refractivity contribution in [2.24, 2.45) is 0 Å². The van der Waals surface area contributed by atoms with E-state index >= 15 is 0 Å². The van der Waals surface area contributed by atoms with Crippen molar-refractivity contribution in [1.82, 2.24) is 0 Å². The third-order valence-corrected chi connectivity index (χ3v) is 28.2. The Balaban J connectivity index is 0.707. The molecule has 0 bridgehead atoms. The molecule has 2 aliphatic carbocycles. The van der Waals surface area contributed by atoms with Crippen LogP contribution in [0.3, 0.4) is 0 Å². The molecular formula is C130H108F2N2O3. The number of hydrogen-bond acceptors (Lipinski definition) is 5. The molecule has 1 heterocycles. The van der Waals surface area contributed by atoms with Crippen LogP contribution in [0.5, 0.6) is 11.5 Å². The number of hydrogen-bond donors (Lipinski definition) is 0. The fourth-order valence-corrected chi connectivity index (χ4v) is 20.9. The first-order chi connectivity index (χ1) is 66.8. The van der Waals surface area contributed by atoms with Crippen molar-refractivity contribution in [2.45, 2.75) is 102 Å². The minimum atomic E-state index is -0.745. The maximum Gasteiger partial charge on any atom is 0.135 e. The second kappa shape index (κ2) is 36.9. The van der Waals surface area contributed by atoms with E-state index in [0.29, 0.717) is 13.2 Å². The zero-order chi connectivity index (χ0) is 93.5. The number of furan rings is 1. The summed E-state index contributed by atoms with van der Waals surface area (Å²) in [7, 11) is 0. The SMILES string of the molecule is C=Cc1ccc(OCCCCc2ccc(C3(c4ccc(C(C)(C)C)cc4)c4ccccc4-c4ccc(N(c5ccc(-c6cccc(-c7ccc(F)cc7)c6)cc5)c5ccc6oc7ccc(N(c8ccc(-c9cccc(-c%10ccc(F)cc%10)c9)cc8)c8ccc9c(c8)C(c8ccc(CCCCOc%10ccc(C=C)cc%10)cc8)(c8ccc(C(C)(C)C)cc8)c8ccccc8-9)cc7c6c5)cc43)cc2)cc1. The molecule has 19 aromatic rings. The van der Waals surface area contributed by atoms with Gasteiger partial charge in [0.2, 0.25) is 0 Å². The molecule has 0 saturated carbocycles. The molecule has 670 valence electrons. The highest BCUT2D eigenvalue weighted by Gasteiger charge is 2.49. The van der Waals surface area contributed by atoms with Gasteiger partial charge in [0.05, 0.1) is 24.0 Å². The van der Waals surface area contributed by atoms with Gasteiger partial charge >= 0.3 is 0 Å². The highest BCUT2D eigenvalue weighted by molar-refractivity contribution is 6.09. The smallest absolute Gasteiger partial charge is 0.135 e. The van der Waals surface area contributed by atoms with E-state index in [0.717, 1.165) is 162 Å². The van der Waals surface area contributed by atoms with Gasteiger partial charge < -0.3 is 23.7 Å². The van der Waals surface area contributed by atoms with Crippen LogP contribution in [0, 0.1) is 11.6 Å². The Hall–Kier alpha value is -15.7. The molecule has 0 fully saturated rings. The van der Waals surface area contributed by atoms with Crippen molar-refractivity contribution < 1.29 is 22.7 Å². The number of nitrogens with zero attached hydrogens (tertiary/aromatic N) is 2. The fourth-order valence-electron chi connectivity index (χ4n) is 20.9. The van der Waals surface area contributed by atoms with Crippen LogP contribution in [0.2, 0.25) is 0 Å².